The van der Waals surface area contributed by atoms with Gasteiger partial charge in [-0.05, 0) is 54.0 Å². The number of hydrogen-bond donors (Lipinski definition) is 0. The average Bonchev–Trinajstić information content (AvgIpc) is 2.96. The minimum atomic E-state index is -0.171. The zero-order valence-corrected chi connectivity index (χ0v) is 20.9. The van der Waals surface area contributed by atoms with Gasteiger partial charge in [0.05, 0.1) is 24.9 Å². The molecule has 0 radical (unpaired) electrons. The Bertz CT molecular complexity index is 566. The molecular weight excluding hydrogens is 372 g/mol. The van der Waals surface area contributed by atoms with Crippen LogP contribution < -0.4 is 0 Å². The molecule has 2 aliphatic heterocycles. The van der Waals surface area contributed by atoms with Gasteiger partial charge in [0.15, 0.2) is 0 Å². The molecule has 1 unspecified atom stereocenters. The largest absolute Gasteiger partial charge is 0.322 e. The molecule has 2 rings (SSSR count). The first-order valence-corrected chi connectivity index (χ1v) is 12.8. The normalized spacial score (nSPS) is 25.7. The maximum absolute atomic E-state index is 13.2. The van der Waals surface area contributed by atoms with Crippen LogP contribution in [0, 0.1) is 0 Å². The van der Waals surface area contributed by atoms with Crippen molar-refractivity contribution in [1.29, 1.82) is 0 Å². The second kappa shape index (κ2) is 10.7. The molecule has 0 saturated carbocycles. The van der Waals surface area contributed by atoms with Gasteiger partial charge in [-0.15, -0.1) is 0 Å². The summed E-state index contributed by atoms with van der Waals surface area (Å²) in [5.41, 5.74) is -0.0666. The van der Waals surface area contributed by atoms with E-state index in [0.29, 0.717) is 12.8 Å². The zero-order chi connectivity index (χ0) is 22.4. The van der Waals surface area contributed by atoms with Crippen LogP contribution in [0.4, 0.5) is 0 Å². The van der Waals surface area contributed by atoms with E-state index in [-0.39, 0.29) is 33.4 Å². The second-order valence-electron chi connectivity index (χ2n) is 11.1. The van der Waals surface area contributed by atoms with E-state index >= 15 is 0 Å². The van der Waals surface area contributed by atoms with Gasteiger partial charge < -0.3 is 0 Å². The molecule has 2 heterocycles. The third-order valence-electron chi connectivity index (χ3n) is 8.46. The summed E-state index contributed by atoms with van der Waals surface area (Å²) >= 11 is 0. The number of nitrogens with zero attached hydrogens (tertiary/aromatic N) is 2. The van der Waals surface area contributed by atoms with Gasteiger partial charge in [0, 0.05) is 12.0 Å². The highest BCUT2D eigenvalue weighted by atomic mass is 16.2. The maximum Gasteiger partial charge on any atom is 0.322 e. The average molecular weight is 422 g/mol. The van der Waals surface area contributed by atoms with Crippen LogP contribution in [0.25, 0.3) is 0 Å². The Balaban J connectivity index is 1.94. The number of imide groups is 1. The fourth-order valence-corrected chi connectivity index (χ4v) is 6.13. The van der Waals surface area contributed by atoms with E-state index in [1.807, 2.05) is 0 Å². The van der Waals surface area contributed by atoms with E-state index in [1.54, 1.807) is 0 Å². The van der Waals surface area contributed by atoms with Gasteiger partial charge in [-0.3, -0.25) is 4.90 Å². The van der Waals surface area contributed by atoms with Crippen LogP contribution in [-0.4, -0.2) is 51.9 Å². The topological polar surface area (TPSA) is 37.4 Å². The molecule has 174 valence electrons. The van der Waals surface area contributed by atoms with Crippen LogP contribution >= 0.6 is 0 Å². The molecule has 0 N–H and O–H groups in total. The Morgan fingerprint density at radius 2 is 1.30 bits per heavy atom. The summed E-state index contributed by atoms with van der Waals surface area (Å²) < 4.78 is 0.129. The number of unbranched alkanes of at least 4 members (excludes halogenated alkanes) is 9. The Kier molecular flexibility index (Phi) is 9.12. The predicted octanol–water partition coefficient (Wildman–Crippen LogP) is 6.22. The number of rotatable bonds is 12. The molecule has 4 heteroatoms. The lowest BCUT2D eigenvalue weighted by atomic mass is 9.75. The number of likely N-dealkylation sites (tertiary alicyclic amines) is 2. The quantitative estimate of drug-likeness (QED) is 0.213. The minimum Gasteiger partial charge on any atom is -0.291 e. The summed E-state index contributed by atoms with van der Waals surface area (Å²) in [5.74, 6) is 0.365. The Hall–Kier alpha value is -0.740. The molecule has 2 fully saturated rings. The predicted molar refractivity (Wildman–Crippen MR) is 125 cm³/mol. The third-order valence-corrected chi connectivity index (χ3v) is 8.46. The minimum absolute atomic E-state index is 0.0802. The van der Waals surface area contributed by atoms with Crippen molar-refractivity contribution < 1.29 is 14.1 Å². The third kappa shape index (κ3) is 5.35. The molecule has 2 aliphatic rings. The zero-order valence-electron chi connectivity index (χ0n) is 20.9. The Morgan fingerprint density at radius 3 is 1.80 bits per heavy atom. The summed E-state index contributed by atoms with van der Waals surface area (Å²) in [4.78, 5) is 28.8. The summed E-state index contributed by atoms with van der Waals surface area (Å²) in [6.45, 7) is 12.0. The lowest BCUT2D eigenvalue weighted by molar-refractivity contribution is -0.810. The van der Waals surface area contributed by atoms with Gasteiger partial charge in [0.25, 0.3) is 0 Å². The van der Waals surface area contributed by atoms with Crippen LogP contribution in [0.3, 0.4) is 0 Å². The lowest BCUT2D eigenvalue weighted by Crippen LogP contribution is -2.74. The van der Waals surface area contributed by atoms with Crippen molar-refractivity contribution in [3.05, 3.63) is 0 Å². The summed E-state index contributed by atoms with van der Waals surface area (Å²) in [5, 5.41) is 0. The first-order chi connectivity index (χ1) is 14.1. The van der Waals surface area contributed by atoms with E-state index in [0.717, 1.165) is 32.2 Å². The molecule has 0 spiro atoms. The van der Waals surface area contributed by atoms with Crippen molar-refractivity contribution in [3.63, 3.8) is 0 Å². The number of carbonyl (C=O) groups excluding carboxylic acids is 2. The fraction of sp³-hybridized carbons (Fsp3) is 0.923. The second-order valence-corrected chi connectivity index (χ2v) is 11.1. The molecule has 0 aromatic heterocycles. The van der Waals surface area contributed by atoms with Crippen molar-refractivity contribution in [2.75, 3.05) is 13.6 Å². The van der Waals surface area contributed by atoms with Crippen molar-refractivity contribution in [2.45, 2.75) is 142 Å². The summed E-state index contributed by atoms with van der Waals surface area (Å²) in [6.07, 6.45) is 15.7. The summed E-state index contributed by atoms with van der Waals surface area (Å²) in [7, 11) is 2.17. The molecule has 4 nitrogen and oxygen atoms in total. The number of carbonyl (C=O) groups is 2. The molecule has 1 atom stereocenters. The SMILES string of the molecule is CCCCCCCCCCCC[N+]1(C2CCC(C)(C)N(C)C2(C)C)C(=O)CCC1=O. The molecule has 0 aromatic rings. The molecular formula is C26H49N2O2+. The molecule has 2 saturated heterocycles. The number of quaternary nitrogens is 1. The Labute approximate surface area is 186 Å². The van der Waals surface area contributed by atoms with Crippen LogP contribution in [0.1, 0.15) is 125 Å². The highest BCUT2D eigenvalue weighted by Gasteiger charge is 2.62. The molecule has 0 bridgehead atoms. The summed E-state index contributed by atoms with van der Waals surface area (Å²) in [6, 6.07) is 0.0802. The highest BCUT2D eigenvalue weighted by molar-refractivity contribution is 5.92. The molecule has 2 amide bonds. The van der Waals surface area contributed by atoms with Crippen LogP contribution in [-0.2, 0) is 9.59 Å². The first-order valence-electron chi connectivity index (χ1n) is 12.8. The van der Waals surface area contributed by atoms with Crippen molar-refractivity contribution in [1.82, 2.24) is 4.90 Å². The number of hydrogen-bond acceptors (Lipinski definition) is 3. The highest BCUT2D eigenvalue weighted by Crippen LogP contribution is 2.44. The maximum atomic E-state index is 13.2. The lowest BCUT2D eigenvalue weighted by Gasteiger charge is -2.57. The number of likely N-dealkylation sites (N-methyl/N-ethyl adjacent to an activating group) is 1. The van der Waals surface area contributed by atoms with Gasteiger partial charge in [-0.2, -0.15) is 4.48 Å². The Morgan fingerprint density at radius 1 is 0.833 bits per heavy atom. The monoisotopic (exact) mass is 421 g/mol. The smallest absolute Gasteiger partial charge is 0.291 e. The number of piperidine rings is 1. The van der Waals surface area contributed by atoms with Crippen LogP contribution in [0.15, 0.2) is 0 Å². The molecule has 0 aliphatic carbocycles. The fourth-order valence-electron chi connectivity index (χ4n) is 6.13. The van der Waals surface area contributed by atoms with Crippen molar-refractivity contribution in [3.8, 4) is 0 Å². The van der Waals surface area contributed by atoms with Gasteiger partial charge in [-0.1, -0.05) is 58.3 Å². The van der Waals surface area contributed by atoms with Crippen molar-refractivity contribution >= 4 is 11.8 Å². The van der Waals surface area contributed by atoms with Gasteiger partial charge in [0.2, 0.25) is 0 Å². The van der Waals surface area contributed by atoms with Gasteiger partial charge >= 0.3 is 11.8 Å². The van der Waals surface area contributed by atoms with E-state index in [1.165, 1.54) is 51.4 Å². The van der Waals surface area contributed by atoms with Crippen molar-refractivity contribution in [2.24, 2.45) is 0 Å². The standard InChI is InChI=1S/C26H49N2O2/c1-7-8-9-10-11-12-13-14-15-16-21-28(23(29)17-18-24(28)30)22-19-20-25(2,3)27(6)26(22,4)5/h22H,7-21H2,1-6H3/q+1. The van der Waals surface area contributed by atoms with E-state index in [4.69, 9.17) is 0 Å². The van der Waals surface area contributed by atoms with E-state index < -0.39 is 0 Å². The molecule has 30 heavy (non-hydrogen) atoms. The number of amides is 2. The van der Waals surface area contributed by atoms with E-state index in [2.05, 4.69) is 46.6 Å². The first kappa shape index (κ1) is 25.5. The van der Waals surface area contributed by atoms with Crippen LogP contribution in [0.2, 0.25) is 0 Å². The van der Waals surface area contributed by atoms with Gasteiger partial charge in [0.1, 0.15) is 6.04 Å². The molecule has 0 aromatic carbocycles. The van der Waals surface area contributed by atoms with E-state index in [9.17, 15) is 9.59 Å². The van der Waals surface area contributed by atoms with Gasteiger partial charge in [-0.25, -0.2) is 9.59 Å². The van der Waals surface area contributed by atoms with Crippen LogP contribution in [0.5, 0.6) is 0 Å².